The minimum atomic E-state index is -0.952. The van der Waals surface area contributed by atoms with Gasteiger partial charge in [-0.3, -0.25) is 4.98 Å². The van der Waals surface area contributed by atoms with E-state index in [1.54, 1.807) is 12.1 Å². The van der Waals surface area contributed by atoms with Crippen LogP contribution in [0.5, 0.6) is 0 Å². The lowest BCUT2D eigenvalue weighted by atomic mass is 10.0. The highest BCUT2D eigenvalue weighted by Crippen LogP contribution is 2.16. The average Bonchev–Trinajstić information content (AvgIpc) is 2.46. The molecule has 0 spiro atoms. The molecule has 1 heterocycles. The fourth-order valence-electron chi connectivity index (χ4n) is 1.72. The average molecular weight is 253 g/mol. The molecular formula is C16H15NO2. The molecule has 0 fully saturated rings. The first-order valence-corrected chi connectivity index (χ1v) is 6.09. The van der Waals surface area contributed by atoms with Gasteiger partial charge in [-0.05, 0) is 17.7 Å². The summed E-state index contributed by atoms with van der Waals surface area (Å²) in [5.74, 6) is -0.811. The molecule has 3 nitrogen and oxygen atoms in total. The van der Waals surface area contributed by atoms with Gasteiger partial charge in [0.25, 0.3) is 0 Å². The first kappa shape index (κ1) is 13.0. The summed E-state index contributed by atoms with van der Waals surface area (Å²) in [5.41, 5.74) is 2.21. The van der Waals surface area contributed by atoms with E-state index in [1.165, 1.54) is 6.20 Å². The molecule has 3 heteroatoms. The Hall–Kier alpha value is -2.42. The molecule has 0 amide bonds. The zero-order chi connectivity index (χ0) is 13.7. The molecule has 0 saturated carbocycles. The van der Waals surface area contributed by atoms with E-state index in [1.807, 2.05) is 43.3 Å². The second-order valence-corrected chi connectivity index (χ2v) is 4.34. The Morgan fingerprint density at radius 1 is 1.21 bits per heavy atom. The molecule has 0 saturated heterocycles. The van der Waals surface area contributed by atoms with Crippen molar-refractivity contribution in [1.82, 2.24) is 4.98 Å². The Bertz CT molecular complexity index is 573. The highest BCUT2D eigenvalue weighted by molar-refractivity contribution is 5.87. The number of carboxylic acids is 1. The maximum atomic E-state index is 10.7. The summed E-state index contributed by atoms with van der Waals surface area (Å²) in [5, 5.41) is 8.81. The summed E-state index contributed by atoms with van der Waals surface area (Å²) in [6, 6.07) is 13.4. The van der Waals surface area contributed by atoms with E-state index in [-0.39, 0.29) is 11.5 Å². The van der Waals surface area contributed by atoms with Gasteiger partial charge in [-0.1, -0.05) is 49.4 Å². The molecule has 0 aliphatic rings. The number of nitrogens with zero attached hydrogens (tertiary/aromatic N) is 1. The van der Waals surface area contributed by atoms with Gasteiger partial charge in [0.2, 0.25) is 0 Å². The maximum Gasteiger partial charge on any atom is 0.337 e. The smallest absolute Gasteiger partial charge is 0.337 e. The number of pyridine rings is 1. The number of benzene rings is 1. The normalized spacial score (nSPS) is 12.5. The van der Waals surface area contributed by atoms with Gasteiger partial charge in [0.05, 0.1) is 5.56 Å². The standard InChI is InChI=1S/C16H15NO2/c1-12(7-8-13-5-3-2-4-6-13)15-10-9-14(11-17-15)16(18)19/h2-12H,1H3,(H,18,19)/b8-7+. The number of hydrogen-bond acceptors (Lipinski definition) is 2. The summed E-state index contributed by atoms with van der Waals surface area (Å²) < 4.78 is 0. The van der Waals surface area contributed by atoms with Crippen molar-refractivity contribution in [1.29, 1.82) is 0 Å². The molecule has 1 atom stereocenters. The van der Waals surface area contributed by atoms with Crippen LogP contribution in [-0.4, -0.2) is 16.1 Å². The van der Waals surface area contributed by atoms with Crippen molar-refractivity contribution in [3.63, 3.8) is 0 Å². The lowest BCUT2D eigenvalue weighted by Crippen LogP contribution is -2.00. The predicted octanol–water partition coefficient (Wildman–Crippen LogP) is 3.60. The number of aromatic carboxylic acids is 1. The van der Waals surface area contributed by atoms with E-state index < -0.39 is 5.97 Å². The van der Waals surface area contributed by atoms with Crippen LogP contribution in [-0.2, 0) is 0 Å². The quantitative estimate of drug-likeness (QED) is 0.905. The first-order chi connectivity index (χ1) is 9.16. The van der Waals surface area contributed by atoms with Crippen LogP contribution in [0.25, 0.3) is 6.08 Å². The summed E-state index contributed by atoms with van der Waals surface area (Å²) in [4.78, 5) is 14.9. The molecule has 0 radical (unpaired) electrons. The Kier molecular flexibility index (Phi) is 4.08. The first-order valence-electron chi connectivity index (χ1n) is 6.09. The van der Waals surface area contributed by atoms with Crippen LogP contribution in [0, 0.1) is 0 Å². The molecule has 2 aromatic rings. The van der Waals surface area contributed by atoms with E-state index in [0.29, 0.717) is 0 Å². The van der Waals surface area contributed by atoms with Crippen LogP contribution in [0.4, 0.5) is 0 Å². The second kappa shape index (κ2) is 5.96. The van der Waals surface area contributed by atoms with Crippen molar-refractivity contribution in [3.05, 3.63) is 71.6 Å². The SMILES string of the molecule is CC(/C=C/c1ccccc1)c1ccc(C(=O)O)cn1. The van der Waals surface area contributed by atoms with Crippen LogP contribution in [0.1, 0.15) is 34.5 Å². The van der Waals surface area contributed by atoms with Crippen LogP contribution in [0.3, 0.4) is 0 Å². The maximum absolute atomic E-state index is 10.7. The van der Waals surface area contributed by atoms with E-state index >= 15 is 0 Å². The molecule has 1 aromatic carbocycles. The van der Waals surface area contributed by atoms with Gasteiger partial charge in [0, 0.05) is 17.8 Å². The van der Waals surface area contributed by atoms with Gasteiger partial charge < -0.3 is 5.11 Å². The summed E-state index contributed by atoms with van der Waals surface area (Å²) in [6.45, 7) is 2.03. The fourth-order valence-corrected chi connectivity index (χ4v) is 1.72. The monoisotopic (exact) mass is 253 g/mol. The highest BCUT2D eigenvalue weighted by Gasteiger charge is 2.06. The number of allylic oxidation sites excluding steroid dienone is 1. The lowest BCUT2D eigenvalue weighted by molar-refractivity contribution is 0.0696. The predicted molar refractivity (Wildman–Crippen MR) is 75.1 cm³/mol. The molecule has 2 rings (SSSR count). The van der Waals surface area contributed by atoms with Gasteiger partial charge in [0.15, 0.2) is 0 Å². The van der Waals surface area contributed by atoms with Gasteiger partial charge >= 0.3 is 5.97 Å². The number of carbonyl (C=O) groups is 1. The highest BCUT2D eigenvalue weighted by atomic mass is 16.4. The van der Waals surface area contributed by atoms with Crippen molar-refractivity contribution in [3.8, 4) is 0 Å². The minimum Gasteiger partial charge on any atom is -0.478 e. The number of rotatable bonds is 4. The Labute approximate surface area is 112 Å². The molecule has 96 valence electrons. The minimum absolute atomic E-state index is 0.142. The molecule has 0 aliphatic carbocycles. The van der Waals surface area contributed by atoms with E-state index in [9.17, 15) is 4.79 Å². The Balaban J connectivity index is 2.09. The Morgan fingerprint density at radius 2 is 1.95 bits per heavy atom. The number of hydrogen-bond donors (Lipinski definition) is 1. The third-order valence-corrected chi connectivity index (χ3v) is 2.88. The number of aromatic nitrogens is 1. The largest absolute Gasteiger partial charge is 0.478 e. The van der Waals surface area contributed by atoms with Crippen molar-refractivity contribution in [2.24, 2.45) is 0 Å². The van der Waals surface area contributed by atoms with E-state index in [2.05, 4.69) is 11.1 Å². The third-order valence-electron chi connectivity index (χ3n) is 2.88. The van der Waals surface area contributed by atoms with Crippen molar-refractivity contribution >= 4 is 12.0 Å². The molecule has 1 N–H and O–H groups in total. The lowest BCUT2D eigenvalue weighted by Gasteiger charge is -2.05. The fraction of sp³-hybridized carbons (Fsp3) is 0.125. The zero-order valence-electron chi connectivity index (χ0n) is 10.7. The van der Waals surface area contributed by atoms with Gasteiger partial charge in [-0.15, -0.1) is 0 Å². The molecule has 0 aliphatic heterocycles. The second-order valence-electron chi connectivity index (χ2n) is 4.34. The van der Waals surface area contributed by atoms with Crippen LogP contribution >= 0.6 is 0 Å². The summed E-state index contributed by atoms with van der Waals surface area (Å²) in [6.07, 6.45) is 5.49. The molecule has 19 heavy (non-hydrogen) atoms. The van der Waals surface area contributed by atoms with E-state index in [4.69, 9.17) is 5.11 Å². The molecule has 0 bridgehead atoms. The number of carboxylic acid groups (broad SMARTS) is 1. The van der Waals surface area contributed by atoms with Gasteiger partial charge in [-0.2, -0.15) is 0 Å². The van der Waals surface area contributed by atoms with Gasteiger partial charge in [0.1, 0.15) is 0 Å². The van der Waals surface area contributed by atoms with E-state index in [0.717, 1.165) is 11.3 Å². The van der Waals surface area contributed by atoms with Crippen molar-refractivity contribution < 1.29 is 9.90 Å². The topological polar surface area (TPSA) is 50.2 Å². The molecule has 1 aromatic heterocycles. The molecule has 1 unspecified atom stereocenters. The third kappa shape index (κ3) is 3.52. The van der Waals surface area contributed by atoms with Crippen LogP contribution in [0.2, 0.25) is 0 Å². The van der Waals surface area contributed by atoms with Crippen molar-refractivity contribution in [2.45, 2.75) is 12.8 Å². The van der Waals surface area contributed by atoms with Crippen molar-refractivity contribution in [2.75, 3.05) is 0 Å². The summed E-state index contributed by atoms with van der Waals surface area (Å²) >= 11 is 0. The van der Waals surface area contributed by atoms with Crippen LogP contribution < -0.4 is 0 Å². The van der Waals surface area contributed by atoms with Crippen LogP contribution in [0.15, 0.2) is 54.7 Å². The zero-order valence-corrected chi connectivity index (χ0v) is 10.7. The Morgan fingerprint density at radius 3 is 2.53 bits per heavy atom. The molecular weight excluding hydrogens is 238 g/mol. The summed E-state index contributed by atoms with van der Waals surface area (Å²) in [7, 11) is 0. The van der Waals surface area contributed by atoms with Gasteiger partial charge in [-0.25, -0.2) is 4.79 Å².